The number of ether oxygens (including phenoxy) is 1. The summed E-state index contributed by atoms with van der Waals surface area (Å²) in [6.45, 7) is 0.0686. The van der Waals surface area contributed by atoms with Gasteiger partial charge in [0.1, 0.15) is 11.5 Å². The molecule has 0 aromatic carbocycles. The van der Waals surface area contributed by atoms with Crippen molar-refractivity contribution < 1.29 is 23.1 Å². The van der Waals surface area contributed by atoms with Gasteiger partial charge in [-0.25, -0.2) is 13.2 Å². The van der Waals surface area contributed by atoms with Gasteiger partial charge in [0.2, 0.25) is 10.0 Å². The number of hydrogen-bond acceptors (Lipinski definition) is 5. The third-order valence-corrected chi connectivity index (χ3v) is 7.84. The smallest absolute Gasteiger partial charge is 0.329 e. The van der Waals surface area contributed by atoms with Gasteiger partial charge < -0.3 is 9.84 Å². The molecule has 0 bridgehead atoms. The van der Waals surface area contributed by atoms with Crippen LogP contribution in [0.2, 0.25) is 4.34 Å². The van der Waals surface area contributed by atoms with Crippen molar-refractivity contribution in [1.29, 1.82) is 0 Å². The van der Waals surface area contributed by atoms with Gasteiger partial charge in [0.25, 0.3) is 0 Å². The topological polar surface area (TPSA) is 83.9 Å². The zero-order valence-electron chi connectivity index (χ0n) is 10.8. The minimum absolute atomic E-state index is 0.0833. The minimum Gasteiger partial charge on any atom is -0.480 e. The molecule has 1 saturated heterocycles. The molecule has 0 aliphatic carbocycles. The Labute approximate surface area is 145 Å². The van der Waals surface area contributed by atoms with Crippen molar-refractivity contribution in [1.82, 2.24) is 4.31 Å². The lowest BCUT2D eigenvalue weighted by molar-refractivity contribution is -0.142. The van der Waals surface area contributed by atoms with Gasteiger partial charge in [0.15, 0.2) is 0 Å². The van der Waals surface area contributed by atoms with Gasteiger partial charge in [-0.15, -0.1) is 11.3 Å². The molecular formula is C11H13ClINO5S2. The molecule has 2 rings (SSSR count). The Morgan fingerprint density at radius 2 is 2.33 bits per heavy atom. The monoisotopic (exact) mass is 465 g/mol. The number of hydrogen-bond donors (Lipinski definition) is 1. The minimum atomic E-state index is -3.62. The van der Waals surface area contributed by atoms with Gasteiger partial charge in [-0.3, -0.25) is 0 Å². The summed E-state index contributed by atoms with van der Waals surface area (Å²) in [5.74, 6) is -1.07. The van der Waals surface area contributed by atoms with Crippen LogP contribution in [-0.4, -0.2) is 49.6 Å². The van der Waals surface area contributed by atoms with Crippen LogP contribution in [0, 0.1) is 2.88 Å². The molecule has 1 aliphatic rings. The number of carbonyl (C=O) groups is 1. The maximum Gasteiger partial charge on any atom is 0.329 e. The zero-order valence-corrected chi connectivity index (χ0v) is 15.3. The van der Waals surface area contributed by atoms with E-state index < -0.39 is 22.6 Å². The van der Waals surface area contributed by atoms with Gasteiger partial charge in [0, 0.05) is 12.6 Å². The average Bonchev–Trinajstić information content (AvgIpc) is 2.96. The summed E-state index contributed by atoms with van der Waals surface area (Å²) < 4.78 is 32.8. The van der Waals surface area contributed by atoms with Crippen molar-refractivity contribution in [3.05, 3.63) is 13.3 Å². The fraction of sp³-hybridized carbons (Fsp3) is 0.545. The number of nitrogens with zero attached hydrogens (tertiary/aromatic N) is 1. The molecule has 1 fully saturated rings. The summed E-state index contributed by atoms with van der Waals surface area (Å²) in [4.78, 5) is 10.7. The van der Waals surface area contributed by atoms with Gasteiger partial charge in [-0.1, -0.05) is 11.6 Å². The maximum atomic E-state index is 12.7. The van der Waals surface area contributed by atoms with Crippen molar-refractivity contribution in [3.8, 4) is 0 Å². The summed E-state index contributed by atoms with van der Waals surface area (Å²) in [7, 11) is -3.62. The van der Waals surface area contributed by atoms with Crippen molar-refractivity contribution >= 4 is 61.5 Å². The van der Waals surface area contributed by atoms with E-state index in [4.69, 9.17) is 21.4 Å². The molecule has 0 radical (unpaired) electrons. The Hall–Kier alpha value is 0.0600. The van der Waals surface area contributed by atoms with Crippen LogP contribution in [0.25, 0.3) is 0 Å². The number of halogens is 2. The highest BCUT2D eigenvalue weighted by molar-refractivity contribution is 14.1. The second-order valence-corrected chi connectivity index (χ2v) is 9.86. The van der Waals surface area contributed by atoms with E-state index in [1.54, 1.807) is 0 Å². The van der Waals surface area contributed by atoms with Gasteiger partial charge in [-0.05, 0) is 41.5 Å². The van der Waals surface area contributed by atoms with Crippen LogP contribution in [0.15, 0.2) is 11.0 Å². The number of carboxylic acids is 1. The highest BCUT2D eigenvalue weighted by atomic mass is 127. The Kier molecular flexibility index (Phi) is 5.88. The van der Waals surface area contributed by atoms with E-state index in [1.165, 1.54) is 21.7 Å². The molecule has 2 heterocycles. The molecule has 6 nitrogen and oxygen atoms in total. The van der Waals surface area contributed by atoms with E-state index in [-0.39, 0.29) is 17.5 Å². The summed E-state index contributed by atoms with van der Waals surface area (Å²) in [6.07, 6.45) is 1.39. The predicted molar refractivity (Wildman–Crippen MR) is 87.4 cm³/mol. The van der Waals surface area contributed by atoms with Crippen LogP contribution in [0.3, 0.4) is 0 Å². The number of carboxylic acid groups (broad SMARTS) is 1. The summed E-state index contributed by atoms with van der Waals surface area (Å²) in [6, 6.07) is 1.13. The standard InChI is InChI=1S/C11H13ClINO5S2/c12-9-4-8(11(13)20-9)21(17,18)14-3-1-2-7(14)5-19-6-10(15)16/h4,7H,1-3,5-6H2,(H,15,16). The predicted octanol–water partition coefficient (Wildman–Crippen LogP) is 2.26. The van der Waals surface area contributed by atoms with E-state index in [2.05, 4.69) is 0 Å². The summed E-state index contributed by atoms with van der Waals surface area (Å²) >= 11 is 9.05. The Balaban J connectivity index is 2.15. The fourth-order valence-electron chi connectivity index (χ4n) is 2.20. The van der Waals surface area contributed by atoms with Crippen LogP contribution in [0.1, 0.15) is 12.8 Å². The molecule has 1 unspecified atom stereocenters. The fourth-order valence-corrected chi connectivity index (χ4v) is 7.37. The Morgan fingerprint density at radius 1 is 1.62 bits per heavy atom. The molecular weight excluding hydrogens is 453 g/mol. The Morgan fingerprint density at radius 3 is 2.90 bits per heavy atom. The number of thiophene rings is 1. The first kappa shape index (κ1) is 17.4. The normalized spacial score (nSPS) is 20.0. The lowest BCUT2D eigenvalue weighted by atomic mass is 10.2. The lowest BCUT2D eigenvalue weighted by Gasteiger charge is -2.23. The molecule has 1 aliphatic heterocycles. The molecule has 1 aromatic rings. The van der Waals surface area contributed by atoms with Crippen LogP contribution in [-0.2, 0) is 19.6 Å². The van der Waals surface area contributed by atoms with Crippen LogP contribution >= 0.6 is 45.5 Å². The quantitative estimate of drug-likeness (QED) is 0.652. The first-order valence-corrected chi connectivity index (χ1v) is 9.80. The molecule has 21 heavy (non-hydrogen) atoms. The molecule has 1 aromatic heterocycles. The highest BCUT2D eigenvalue weighted by Crippen LogP contribution is 2.35. The number of sulfonamides is 1. The van der Waals surface area contributed by atoms with E-state index in [0.29, 0.717) is 20.2 Å². The molecule has 0 spiro atoms. The highest BCUT2D eigenvalue weighted by Gasteiger charge is 2.37. The van der Waals surface area contributed by atoms with Gasteiger partial charge in [0.05, 0.1) is 13.8 Å². The largest absolute Gasteiger partial charge is 0.480 e. The molecule has 0 saturated carbocycles. The second-order valence-electron chi connectivity index (χ2n) is 4.51. The molecule has 0 amide bonds. The van der Waals surface area contributed by atoms with E-state index in [1.807, 2.05) is 22.6 Å². The van der Waals surface area contributed by atoms with Crippen molar-refractivity contribution in [2.24, 2.45) is 0 Å². The van der Waals surface area contributed by atoms with E-state index >= 15 is 0 Å². The third-order valence-electron chi connectivity index (χ3n) is 3.07. The lowest BCUT2D eigenvalue weighted by Crippen LogP contribution is -2.38. The van der Waals surface area contributed by atoms with E-state index in [0.717, 1.165) is 6.42 Å². The Bertz CT molecular complexity index is 633. The van der Waals surface area contributed by atoms with Crippen LogP contribution in [0.4, 0.5) is 0 Å². The average molecular weight is 466 g/mol. The summed E-state index contributed by atoms with van der Waals surface area (Å²) in [5.41, 5.74) is 0. The maximum absolute atomic E-state index is 12.7. The summed E-state index contributed by atoms with van der Waals surface area (Å²) in [5, 5.41) is 8.56. The first-order chi connectivity index (χ1) is 9.82. The zero-order chi connectivity index (χ0) is 15.6. The van der Waals surface area contributed by atoms with Gasteiger partial charge >= 0.3 is 5.97 Å². The van der Waals surface area contributed by atoms with Crippen molar-refractivity contribution in [2.45, 2.75) is 23.8 Å². The molecule has 1 atom stereocenters. The van der Waals surface area contributed by atoms with Crippen molar-refractivity contribution in [3.63, 3.8) is 0 Å². The van der Waals surface area contributed by atoms with Gasteiger partial charge in [-0.2, -0.15) is 4.31 Å². The van der Waals surface area contributed by atoms with Crippen molar-refractivity contribution in [2.75, 3.05) is 19.8 Å². The SMILES string of the molecule is O=C(O)COCC1CCCN1S(=O)(=O)c1cc(Cl)sc1I. The molecule has 118 valence electrons. The van der Waals surface area contributed by atoms with Crippen LogP contribution < -0.4 is 0 Å². The van der Waals surface area contributed by atoms with E-state index in [9.17, 15) is 13.2 Å². The van der Waals surface area contributed by atoms with Crippen LogP contribution in [0.5, 0.6) is 0 Å². The first-order valence-electron chi connectivity index (χ1n) is 6.08. The number of aliphatic carboxylic acids is 1. The number of rotatable bonds is 6. The third kappa shape index (κ3) is 4.08. The second kappa shape index (κ2) is 7.09. The molecule has 10 heteroatoms. The molecule has 1 N–H and O–H groups in total.